The van der Waals surface area contributed by atoms with Gasteiger partial charge in [-0.05, 0) is 13.3 Å². The van der Waals surface area contributed by atoms with E-state index in [0.29, 0.717) is 0 Å². The zero-order valence-electron chi connectivity index (χ0n) is 10.8. The average molecular weight is 311 g/mol. The van der Waals surface area contributed by atoms with Crippen molar-refractivity contribution in [2.75, 3.05) is 6.29 Å². The van der Waals surface area contributed by atoms with Crippen LogP contribution in [0.2, 0.25) is 0 Å². The zero-order valence-corrected chi connectivity index (χ0v) is 11.7. The number of aliphatic carboxylic acids is 1. The van der Waals surface area contributed by atoms with Gasteiger partial charge in [-0.2, -0.15) is 0 Å². The molecule has 20 heavy (non-hydrogen) atoms. The van der Waals surface area contributed by atoms with Crippen molar-refractivity contribution in [3.8, 4) is 0 Å². The Hall–Kier alpha value is -1.48. The van der Waals surface area contributed by atoms with E-state index in [2.05, 4.69) is 5.32 Å². The van der Waals surface area contributed by atoms with Crippen LogP contribution in [-0.4, -0.2) is 51.0 Å². The minimum atomic E-state index is -4.37. The number of nitrogens with one attached hydrogen (secondary N) is 2. The van der Waals surface area contributed by atoms with Crippen molar-refractivity contribution in [3.63, 3.8) is 0 Å². The molecule has 0 aliphatic heterocycles. The zero-order chi connectivity index (χ0) is 15.9. The van der Waals surface area contributed by atoms with Gasteiger partial charge in [0.1, 0.15) is 12.3 Å². The largest absolute Gasteiger partial charge is 0.481 e. The molecule has 0 aromatic rings. The highest BCUT2D eigenvalue weighted by Crippen LogP contribution is 2.31. The molecule has 0 saturated carbocycles. The van der Waals surface area contributed by atoms with E-state index < -0.39 is 43.7 Å². The van der Waals surface area contributed by atoms with Crippen molar-refractivity contribution in [2.45, 2.75) is 31.8 Å². The van der Waals surface area contributed by atoms with Crippen LogP contribution in [0.5, 0.6) is 0 Å². The van der Waals surface area contributed by atoms with Crippen LogP contribution < -0.4 is 16.4 Å². The number of hydrogen-bond acceptors (Lipinski definition) is 5. The lowest BCUT2D eigenvalue weighted by Gasteiger charge is -2.17. The topological polar surface area (TPSA) is 179 Å². The standard InChI is InChI=1S/C9H18N3O7P/c1-5(8(15)11-4-20(17,18)19)12-9(16)6(10)2-3-7(13)14/h5-6H,2-4,10H2,1H3,(H,11,15)(H,12,16)(H,13,14)(H2,17,18,19). The molecular weight excluding hydrogens is 293 g/mol. The lowest BCUT2D eigenvalue weighted by atomic mass is 10.1. The van der Waals surface area contributed by atoms with Crippen LogP contribution in [0.4, 0.5) is 0 Å². The molecule has 116 valence electrons. The van der Waals surface area contributed by atoms with Gasteiger partial charge < -0.3 is 31.3 Å². The Morgan fingerprint density at radius 1 is 1.25 bits per heavy atom. The molecule has 0 aromatic carbocycles. The molecule has 10 nitrogen and oxygen atoms in total. The van der Waals surface area contributed by atoms with Gasteiger partial charge in [0.05, 0.1) is 6.04 Å². The van der Waals surface area contributed by atoms with E-state index in [-0.39, 0.29) is 12.8 Å². The van der Waals surface area contributed by atoms with Crippen molar-refractivity contribution in [1.82, 2.24) is 10.6 Å². The maximum atomic E-state index is 11.5. The summed E-state index contributed by atoms with van der Waals surface area (Å²) in [5.74, 6) is -2.60. The predicted octanol–water partition coefficient (Wildman–Crippen LogP) is -2.07. The highest BCUT2D eigenvalue weighted by atomic mass is 31.2. The highest BCUT2D eigenvalue weighted by molar-refractivity contribution is 7.51. The fourth-order valence-corrected chi connectivity index (χ4v) is 1.49. The molecule has 0 rings (SSSR count). The van der Waals surface area contributed by atoms with E-state index in [1.54, 1.807) is 0 Å². The van der Waals surface area contributed by atoms with Crippen LogP contribution in [-0.2, 0) is 18.9 Å². The van der Waals surface area contributed by atoms with Gasteiger partial charge in [0, 0.05) is 6.42 Å². The number of hydrogen-bond donors (Lipinski definition) is 6. The van der Waals surface area contributed by atoms with Crippen molar-refractivity contribution in [1.29, 1.82) is 0 Å². The Balaban J connectivity index is 4.20. The SMILES string of the molecule is CC(NC(=O)C(N)CCC(=O)O)C(=O)NCP(=O)(O)O. The van der Waals surface area contributed by atoms with Gasteiger partial charge in [0.15, 0.2) is 0 Å². The fraction of sp³-hybridized carbons (Fsp3) is 0.667. The molecule has 0 aromatic heterocycles. The van der Waals surface area contributed by atoms with Gasteiger partial charge >= 0.3 is 13.6 Å². The molecule has 0 saturated heterocycles. The van der Waals surface area contributed by atoms with Crippen molar-refractivity contribution >= 4 is 25.4 Å². The van der Waals surface area contributed by atoms with Gasteiger partial charge in [-0.25, -0.2) is 0 Å². The van der Waals surface area contributed by atoms with Crippen LogP contribution in [0.15, 0.2) is 0 Å². The van der Waals surface area contributed by atoms with Gasteiger partial charge in [-0.1, -0.05) is 0 Å². The molecule has 0 heterocycles. The summed E-state index contributed by atoms with van der Waals surface area (Å²) in [6, 6.07) is -2.13. The highest BCUT2D eigenvalue weighted by Gasteiger charge is 2.22. The molecule has 0 bridgehead atoms. The molecule has 11 heteroatoms. The van der Waals surface area contributed by atoms with Crippen LogP contribution in [0, 0.1) is 0 Å². The van der Waals surface area contributed by atoms with Gasteiger partial charge in [0.2, 0.25) is 11.8 Å². The van der Waals surface area contributed by atoms with Crippen molar-refractivity contribution in [3.05, 3.63) is 0 Å². The Kier molecular flexibility index (Phi) is 7.36. The number of carboxylic acid groups (broad SMARTS) is 1. The van der Waals surface area contributed by atoms with Gasteiger partial charge in [-0.3, -0.25) is 18.9 Å². The molecule has 0 aliphatic carbocycles. The number of carboxylic acids is 1. The second-order valence-electron chi connectivity index (χ2n) is 4.13. The van der Waals surface area contributed by atoms with E-state index >= 15 is 0 Å². The summed E-state index contributed by atoms with van der Waals surface area (Å²) in [6.07, 6.45) is -1.21. The minimum Gasteiger partial charge on any atom is -0.481 e. The Labute approximate surface area is 114 Å². The summed E-state index contributed by atoms with van der Waals surface area (Å²) < 4.78 is 10.6. The molecule has 2 atom stereocenters. The lowest BCUT2D eigenvalue weighted by molar-refractivity contribution is -0.137. The molecule has 0 spiro atoms. The van der Waals surface area contributed by atoms with E-state index in [1.165, 1.54) is 6.92 Å². The van der Waals surface area contributed by atoms with Gasteiger partial charge in [0.25, 0.3) is 0 Å². The molecule has 7 N–H and O–H groups in total. The predicted molar refractivity (Wildman–Crippen MR) is 67.5 cm³/mol. The maximum absolute atomic E-state index is 11.5. The van der Waals surface area contributed by atoms with E-state index in [1.807, 2.05) is 5.32 Å². The van der Waals surface area contributed by atoms with Gasteiger partial charge in [-0.15, -0.1) is 0 Å². The second-order valence-corrected chi connectivity index (χ2v) is 5.78. The Morgan fingerprint density at radius 3 is 2.25 bits per heavy atom. The number of rotatable bonds is 8. The molecule has 0 fully saturated rings. The smallest absolute Gasteiger partial charge is 0.344 e. The first-order chi connectivity index (χ1) is 9.03. The third-order valence-corrected chi connectivity index (χ3v) is 2.79. The molecule has 0 aliphatic rings. The lowest BCUT2D eigenvalue weighted by Crippen LogP contribution is -2.50. The van der Waals surface area contributed by atoms with Crippen LogP contribution in [0.1, 0.15) is 19.8 Å². The molecule has 0 radical (unpaired) electrons. The molecule has 2 unspecified atom stereocenters. The fourth-order valence-electron chi connectivity index (χ4n) is 1.13. The minimum absolute atomic E-state index is 0.0853. The second kappa shape index (κ2) is 7.95. The van der Waals surface area contributed by atoms with E-state index in [9.17, 15) is 18.9 Å². The Morgan fingerprint density at radius 2 is 1.80 bits per heavy atom. The maximum Gasteiger partial charge on any atom is 0.344 e. The van der Waals surface area contributed by atoms with Crippen molar-refractivity contribution in [2.24, 2.45) is 5.73 Å². The number of carbonyl (C=O) groups is 3. The van der Waals surface area contributed by atoms with Crippen LogP contribution >= 0.6 is 7.60 Å². The average Bonchev–Trinajstić information content (AvgIpc) is 2.31. The monoisotopic (exact) mass is 311 g/mol. The third-order valence-electron chi connectivity index (χ3n) is 2.22. The Bertz CT molecular complexity index is 422. The summed E-state index contributed by atoms with van der Waals surface area (Å²) in [6.45, 7) is 1.30. The first kappa shape index (κ1) is 18.5. The quantitative estimate of drug-likeness (QED) is 0.277. The first-order valence-corrected chi connectivity index (χ1v) is 7.42. The molecular formula is C9H18N3O7P. The summed E-state index contributed by atoms with van der Waals surface area (Å²) >= 11 is 0. The third kappa shape index (κ3) is 8.59. The van der Waals surface area contributed by atoms with Crippen molar-refractivity contribution < 1.29 is 33.8 Å². The van der Waals surface area contributed by atoms with Crippen LogP contribution in [0.3, 0.4) is 0 Å². The number of nitrogens with two attached hydrogens (primary N) is 1. The van der Waals surface area contributed by atoms with E-state index in [4.69, 9.17) is 20.6 Å². The van der Waals surface area contributed by atoms with E-state index in [0.717, 1.165) is 0 Å². The van der Waals surface area contributed by atoms with Crippen LogP contribution in [0.25, 0.3) is 0 Å². The molecule has 2 amide bonds. The normalized spacial score (nSPS) is 14.2. The summed E-state index contributed by atoms with van der Waals surface area (Å²) in [5.41, 5.74) is 5.43. The summed E-state index contributed by atoms with van der Waals surface area (Å²) in [4.78, 5) is 50.4. The number of amides is 2. The summed E-state index contributed by atoms with van der Waals surface area (Å²) in [7, 11) is -4.37. The number of carbonyl (C=O) groups excluding carboxylic acids is 2. The summed E-state index contributed by atoms with van der Waals surface area (Å²) in [5, 5.41) is 12.6. The first-order valence-electron chi connectivity index (χ1n) is 5.63.